The molecule has 0 fully saturated rings. The van der Waals surface area contributed by atoms with Crippen molar-refractivity contribution in [1.29, 1.82) is 0 Å². The van der Waals surface area contributed by atoms with Gasteiger partial charge in [-0.2, -0.15) is 0 Å². The number of carboxylic acids is 1. The maximum absolute atomic E-state index is 14.1. The molecule has 0 saturated carbocycles. The second-order valence-electron chi connectivity index (χ2n) is 4.40. The van der Waals surface area contributed by atoms with E-state index in [2.05, 4.69) is 20.9 Å². The molecule has 3 aromatic rings. The third-order valence-corrected chi connectivity index (χ3v) is 3.57. The Hall–Kier alpha value is -2.41. The van der Waals surface area contributed by atoms with Gasteiger partial charge in [0, 0.05) is 4.47 Å². The van der Waals surface area contributed by atoms with E-state index >= 15 is 0 Å². The second-order valence-corrected chi connectivity index (χ2v) is 5.31. The first-order valence-corrected chi connectivity index (χ1v) is 6.70. The standard InChI is InChI=1S/C14H8BrFN2O3/c15-8-2-4-11(9(16)6-8)18-12-5-7(13(19)20)1-3-10(12)17-14(18)21/h1-6H,(H,17,21)(H,19,20). The summed E-state index contributed by atoms with van der Waals surface area (Å²) in [6.45, 7) is 0. The van der Waals surface area contributed by atoms with Crippen LogP contribution in [0.4, 0.5) is 4.39 Å². The number of nitrogens with one attached hydrogen (secondary N) is 1. The average molecular weight is 351 g/mol. The first kappa shape index (κ1) is 13.6. The number of hydrogen-bond donors (Lipinski definition) is 2. The maximum Gasteiger partial charge on any atom is 0.335 e. The van der Waals surface area contributed by atoms with Crippen molar-refractivity contribution >= 4 is 32.9 Å². The highest BCUT2D eigenvalue weighted by Crippen LogP contribution is 2.22. The lowest BCUT2D eigenvalue weighted by Crippen LogP contribution is -2.15. The number of aromatic nitrogens is 2. The van der Waals surface area contributed by atoms with Gasteiger partial charge in [-0.1, -0.05) is 15.9 Å². The van der Waals surface area contributed by atoms with Gasteiger partial charge >= 0.3 is 11.7 Å². The first-order valence-electron chi connectivity index (χ1n) is 5.91. The van der Waals surface area contributed by atoms with Crippen molar-refractivity contribution in [3.63, 3.8) is 0 Å². The van der Waals surface area contributed by atoms with Crippen LogP contribution in [0, 0.1) is 5.82 Å². The van der Waals surface area contributed by atoms with Crippen molar-refractivity contribution in [3.8, 4) is 5.69 Å². The number of nitrogens with zero attached hydrogens (tertiary/aromatic N) is 1. The number of rotatable bonds is 2. The van der Waals surface area contributed by atoms with Crippen LogP contribution in [0.1, 0.15) is 10.4 Å². The van der Waals surface area contributed by atoms with Gasteiger partial charge in [-0.15, -0.1) is 0 Å². The summed E-state index contributed by atoms with van der Waals surface area (Å²) in [5.74, 6) is -1.71. The Morgan fingerprint density at radius 3 is 2.67 bits per heavy atom. The van der Waals surface area contributed by atoms with Crippen LogP contribution in [0.25, 0.3) is 16.7 Å². The normalized spacial score (nSPS) is 11.0. The molecule has 0 spiro atoms. The molecule has 1 heterocycles. The summed E-state index contributed by atoms with van der Waals surface area (Å²) >= 11 is 3.15. The predicted octanol–water partition coefficient (Wildman–Crippen LogP) is 2.92. The van der Waals surface area contributed by atoms with Gasteiger partial charge in [0.1, 0.15) is 5.82 Å². The van der Waals surface area contributed by atoms with E-state index < -0.39 is 17.5 Å². The third-order valence-electron chi connectivity index (χ3n) is 3.08. The van der Waals surface area contributed by atoms with E-state index in [0.29, 0.717) is 15.5 Å². The molecule has 0 aliphatic heterocycles. The molecule has 2 N–H and O–H groups in total. The molecule has 5 nitrogen and oxygen atoms in total. The van der Waals surface area contributed by atoms with Crippen molar-refractivity contribution in [2.24, 2.45) is 0 Å². The van der Waals surface area contributed by atoms with Gasteiger partial charge in [0.05, 0.1) is 22.3 Å². The minimum absolute atomic E-state index is 0.0211. The fourth-order valence-electron chi connectivity index (χ4n) is 2.14. The zero-order valence-electron chi connectivity index (χ0n) is 10.4. The molecule has 0 saturated heterocycles. The molecule has 7 heteroatoms. The topological polar surface area (TPSA) is 75.1 Å². The van der Waals surface area contributed by atoms with Crippen molar-refractivity contribution in [3.05, 3.63) is 62.7 Å². The van der Waals surface area contributed by atoms with Crippen LogP contribution < -0.4 is 5.69 Å². The van der Waals surface area contributed by atoms with Gasteiger partial charge < -0.3 is 10.1 Å². The molecule has 106 valence electrons. The number of fused-ring (bicyclic) bond motifs is 1. The van der Waals surface area contributed by atoms with Crippen LogP contribution in [0.2, 0.25) is 0 Å². The fourth-order valence-corrected chi connectivity index (χ4v) is 2.47. The number of imidazole rings is 1. The summed E-state index contributed by atoms with van der Waals surface area (Å²) in [6.07, 6.45) is 0. The van der Waals surface area contributed by atoms with Crippen LogP contribution in [0.3, 0.4) is 0 Å². The summed E-state index contributed by atoms with van der Waals surface area (Å²) in [5.41, 5.74) is 0.284. The Labute approximate surface area is 125 Å². The Balaban J connectivity index is 2.35. The van der Waals surface area contributed by atoms with E-state index in [1.807, 2.05) is 0 Å². The van der Waals surface area contributed by atoms with Crippen LogP contribution >= 0.6 is 15.9 Å². The van der Waals surface area contributed by atoms with E-state index in [-0.39, 0.29) is 11.3 Å². The molecule has 2 aromatic carbocycles. The van der Waals surface area contributed by atoms with Crippen LogP contribution in [-0.4, -0.2) is 20.6 Å². The van der Waals surface area contributed by atoms with Crippen molar-refractivity contribution in [1.82, 2.24) is 9.55 Å². The average Bonchev–Trinajstić information content (AvgIpc) is 2.74. The van der Waals surface area contributed by atoms with Gasteiger partial charge in [0.15, 0.2) is 0 Å². The molecule has 0 amide bonds. The molecular formula is C14H8BrFN2O3. The Bertz CT molecular complexity index is 930. The smallest absolute Gasteiger partial charge is 0.335 e. The zero-order chi connectivity index (χ0) is 15.1. The third kappa shape index (κ3) is 2.25. The molecule has 0 aliphatic carbocycles. The van der Waals surface area contributed by atoms with Gasteiger partial charge in [0.2, 0.25) is 0 Å². The summed E-state index contributed by atoms with van der Waals surface area (Å²) in [7, 11) is 0. The highest BCUT2D eigenvalue weighted by Gasteiger charge is 2.14. The molecule has 3 rings (SSSR count). The number of carboxylic acid groups (broad SMARTS) is 1. The molecule has 1 aromatic heterocycles. The van der Waals surface area contributed by atoms with Crippen molar-refractivity contribution < 1.29 is 14.3 Å². The minimum Gasteiger partial charge on any atom is -0.478 e. The summed E-state index contributed by atoms with van der Waals surface area (Å²) < 4.78 is 15.7. The number of aromatic carboxylic acids is 1. The minimum atomic E-state index is -1.12. The molecule has 0 unspecified atom stereocenters. The summed E-state index contributed by atoms with van der Waals surface area (Å²) in [4.78, 5) is 25.6. The van der Waals surface area contributed by atoms with E-state index in [4.69, 9.17) is 5.11 Å². The lowest BCUT2D eigenvalue weighted by Gasteiger charge is -2.06. The van der Waals surface area contributed by atoms with Crippen molar-refractivity contribution in [2.75, 3.05) is 0 Å². The molecule has 0 bridgehead atoms. The van der Waals surface area contributed by atoms with Crippen LogP contribution in [0.5, 0.6) is 0 Å². The second kappa shape index (κ2) is 4.85. The quantitative estimate of drug-likeness (QED) is 0.746. The Morgan fingerprint density at radius 2 is 2.00 bits per heavy atom. The van der Waals surface area contributed by atoms with E-state index in [9.17, 15) is 14.0 Å². The highest BCUT2D eigenvalue weighted by atomic mass is 79.9. The first-order chi connectivity index (χ1) is 9.97. The van der Waals surface area contributed by atoms with Gasteiger partial charge in [0.25, 0.3) is 0 Å². The molecule has 0 aliphatic rings. The number of carbonyl (C=O) groups is 1. The summed E-state index contributed by atoms with van der Waals surface area (Å²) in [6, 6.07) is 8.47. The molecule has 0 radical (unpaired) electrons. The largest absolute Gasteiger partial charge is 0.478 e. The van der Waals surface area contributed by atoms with E-state index in [0.717, 1.165) is 4.57 Å². The van der Waals surface area contributed by atoms with Crippen LogP contribution in [-0.2, 0) is 0 Å². The lowest BCUT2D eigenvalue weighted by molar-refractivity contribution is 0.0697. The number of halogens is 2. The molecular weight excluding hydrogens is 343 g/mol. The lowest BCUT2D eigenvalue weighted by atomic mass is 10.2. The van der Waals surface area contributed by atoms with Gasteiger partial charge in [-0.3, -0.25) is 4.57 Å². The SMILES string of the molecule is O=C(O)c1ccc2[nH]c(=O)n(-c3ccc(Br)cc3F)c2c1. The predicted molar refractivity (Wildman–Crippen MR) is 78.5 cm³/mol. The number of H-pyrrole nitrogens is 1. The van der Waals surface area contributed by atoms with Crippen molar-refractivity contribution in [2.45, 2.75) is 0 Å². The molecule has 21 heavy (non-hydrogen) atoms. The zero-order valence-corrected chi connectivity index (χ0v) is 12.0. The number of aromatic amines is 1. The van der Waals surface area contributed by atoms with Gasteiger partial charge in [-0.05, 0) is 36.4 Å². The maximum atomic E-state index is 14.1. The molecule has 0 atom stereocenters. The fraction of sp³-hybridized carbons (Fsp3) is 0. The van der Waals surface area contributed by atoms with Gasteiger partial charge in [-0.25, -0.2) is 14.0 Å². The van der Waals surface area contributed by atoms with Crippen LogP contribution in [0.15, 0.2) is 45.7 Å². The Kier molecular flexibility index (Phi) is 3.13. The highest BCUT2D eigenvalue weighted by molar-refractivity contribution is 9.10. The monoisotopic (exact) mass is 350 g/mol. The number of benzene rings is 2. The number of hydrogen-bond acceptors (Lipinski definition) is 2. The summed E-state index contributed by atoms with van der Waals surface area (Å²) in [5, 5.41) is 9.03. The Morgan fingerprint density at radius 1 is 1.24 bits per heavy atom. The van der Waals surface area contributed by atoms with E-state index in [1.54, 1.807) is 6.07 Å². The van der Waals surface area contributed by atoms with E-state index in [1.165, 1.54) is 30.3 Å².